The normalized spacial score (nSPS) is 11.7. The van der Waals surface area contributed by atoms with E-state index in [9.17, 15) is 8.42 Å². The zero-order valence-electron chi connectivity index (χ0n) is 9.16. The molecule has 0 radical (unpaired) electrons. The first-order valence-electron chi connectivity index (χ1n) is 4.75. The molecular formula is C10H16N2O2S. The van der Waals surface area contributed by atoms with Crippen molar-refractivity contribution >= 4 is 15.7 Å². The number of sulfonamides is 1. The van der Waals surface area contributed by atoms with Gasteiger partial charge >= 0.3 is 0 Å². The standard InChI is InChI=1S/C10H16N2O2S/c1-4-12-15(13,14)10-6-9(11)5-7(2)8(10)3/h5-6,12H,4,11H2,1-3H3. The number of nitrogens with two attached hydrogens (primary N) is 1. The minimum atomic E-state index is -3.42. The summed E-state index contributed by atoms with van der Waals surface area (Å²) in [5.41, 5.74) is 7.72. The molecule has 1 aromatic carbocycles. The SMILES string of the molecule is CCNS(=O)(=O)c1cc(N)cc(C)c1C. The molecule has 0 aromatic heterocycles. The molecule has 15 heavy (non-hydrogen) atoms. The average Bonchev–Trinajstić information content (AvgIpc) is 2.11. The van der Waals surface area contributed by atoms with E-state index in [0.717, 1.165) is 11.1 Å². The lowest BCUT2D eigenvalue weighted by molar-refractivity contribution is 0.583. The Morgan fingerprint density at radius 2 is 1.93 bits per heavy atom. The van der Waals surface area contributed by atoms with Gasteiger partial charge in [0, 0.05) is 12.2 Å². The first-order valence-corrected chi connectivity index (χ1v) is 6.23. The molecule has 0 unspecified atom stereocenters. The zero-order valence-corrected chi connectivity index (χ0v) is 9.98. The van der Waals surface area contributed by atoms with E-state index in [-0.39, 0.29) is 4.90 Å². The van der Waals surface area contributed by atoms with Gasteiger partial charge in [-0.25, -0.2) is 13.1 Å². The molecule has 3 N–H and O–H groups in total. The van der Waals surface area contributed by atoms with Crippen LogP contribution in [0.3, 0.4) is 0 Å². The van der Waals surface area contributed by atoms with Crippen LogP contribution in [0.15, 0.2) is 17.0 Å². The van der Waals surface area contributed by atoms with Gasteiger partial charge in [-0.15, -0.1) is 0 Å². The summed E-state index contributed by atoms with van der Waals surface area (Å²) in [6.07, 6.45) is 0. The average molecular weight is 228 g/mol. The highest BCUT2D eigenvalue weighted by atomic mass is 32.2. The van der Waals surface area contributed by atoms with E-state index in [2.05, 4.69) is 4.72 Å². The van der Waals surface area contributed by atoms with Gasteiger partial charge in [0.25, 0.3) is 0 Å². The van der Waals surface area contributed by atoms with Gasteiger partial charge < -0.3 is 5.73 Å². The summed E-state index contributed by atoms with van der Waals surface area (Å²) < 4.78 is 26.0. The maximum absolute atomic E-state index is 11.8. The van der Waals surface area contributed by atoms with Crippen LogP contribution in [0.2, 0.25) is 0 Å². The number of benzene rings is 1. The summed E-state index contributed by atoms with van der Waals surface area (Å²) in [6.45, 7) is 5.73. The summed E-state index contributed by atoms with van der Waals surface area (Å²) in [5.74, 6) is 0. The maximum Gasteiger partial charge on any atom is 0.240 e. The fourth-order valence-corrected chi connectivity index (χ4v) is 2.79. The summed E-state index contributed by atoms with van der Waals surface area (Å²) in [5, 5.41) is 0. The molecular weight excluding hydrogens is 212 g/mol. The number of anilines is 1. The predicted octanol–water partition coefficient (Wildman–Crippen LogP) is 1.18. The summed E-state index contributed by atoms with van der Waals surface area (Å²) in [6, 6.07) is 3.25. The van der Waals surface area contributed by atoms with Crippen LogP contribution in [0, 0.1) is 13.8 Å². The van der Waals surface area contributed by atoms with Crippen molar-refractivity contribution < 1.29 is 8.42 Å². The van der Waals surface area contributed by atoms with E-state index >= 15 is 0 Å². The molecule has 84 valence electrons. The number of aryl methyl sites for hydroxylation is 1. The third-order valence-electron chi connectivity index (χ3n) is 2.27. The minimum absolute atomic E-state index is 0.266. The lowest BCUT2D eigenvalue weighted by Crippen LogP contribution is -2.24. The van der Waals surface area contributed by atoms with Crippen LogP contribution in [0.1, 0.15) is 18.1 Å². The van der Waals surface area contributed by atoms with Crippen LogP contribution in [0.5, 0.6) is 0 Å². The summed E-state index contributed by atoms with van der Waals surface area (Å²) >= 11 is 0. The van der Waals surface area contributed by atoms with Gasteiger partial charge in [0.1, 0.15) is 0 Å². The van der Waals surface area contributed by atoms with Crippen molar-refractivity contribution in [2.75, 3.05) is 12.3 Å². The van der Waals surface area contributed by atoms with Gasteiger partial charge in [0.2, 0.25) is 10.0 Å². The maximum atomic E-state index is 11.8. The number of hydrogen-bond acceptors (Lipinski definition) is 3. The Morgan fingerprint density at radius 3 is 2.47 bits per heavy atom. The van der Waals surface area contributed by atoms with Crippen LogP contribution in [-0.2, 0) is 10.0 Å². The molecule has 0 aliphatic heterocycles. The Hall–Kier alpha value is -1.07. The van der Waals surface area contributed by atoms with E-state index < -0.39 is 10.0 Å². The highest BCUT2D eigenvalue weighted by molar-refractivity contribution is 7.89. The van der Waals surface area contributed by atoms with Crippen LogP contribution in [0.25, 0.3) is 0 Å². The van der Waals surface area contributed by atoms with Crippen molar-refractivity contribution in [3.05, 3.63) is 23.3 Å². The van der Waals surface area contributed by atoms with Crippen LogP contribution in [-0.4, -0.2) is 15.0 Å². The highest BCUT2D eigenvalue weighted by Gasteiger charge is 2.17. The molecule has 1 aromatic rings. The van der Waals surface area contributed by atoms with E-state index in [1.807, 2.05) is 6.92 Å². The molecule has 0 heterocycles. The molecule has 0 spiro atoms. The van der Waals surface area contributed by atoms with Crippen molar-refractivity contribution in [2.45, 2.75) is 25.7 Å². The molecule has 5 heteroatoms. The largest absolute Gasteiger partial charge is 0.399 e. The number of nitrogens with one attached hydrogen (secondary N) is 1. The van der Waals surface area contributed by atoms with Gasteiger partial charge in [0.15, 0.2) is 0 Å². The first kappa shape index (κ1) is 12.0. The van der Waals surface area contributed by atoms with Crippen LogP contribution >= 0.6 is 0 Å². The van der Waals surface area contributed by atoms with Crippen molar-refractivity contribution in [2.24, 2.45) is 0 Å². The van der Waals surface area contributed by atoms with Crippen LogP contribution in [0.4, 0.5) is 5.69 Å². The highest BCUT2D eigenvalue weighted by Crippen LogP contribution is 2.21. The van der Waals surface area contributed by atoms with Crippen molar-refractivity contribution in [1.82, 2.24) is 4.72 Å². The van der Waals surface area contributed by atoms with Gasteiger partial charge in [-0.3, -0.25) is 0 Å². The third kappa shape index (κ3) is 2.49. The molecule has 0 saturated carbocycles. The molecule has 4 nitrogen and oxygen atoms in total. The Kier molecular flexibility index (Phi) is 3.36. The lowest BCUT2D eigenvalue weighted by Gasteiger charge is -2.11. The second kappa shape index (κ2) is 4.20. The zero-order chi connectivity index (χ0) is 11.6. The summed E-state index contributed by atoms with van der Waals surface area (Å²) in [7, 11) is -3.42. The Labute approximate surface area is 90.5 Å². The lowest BCUT2D eigenvalue weighted by atomic mass is 10.1. The summed E-state index contributed by atoms with van der Waals surface area (Å²) in [4.78, 5) is 0.266. The smallest absolute Gasteiger partial charge is 0.240 e. The van der Waals surface area contributed by atoms with Crippen molar-refractivity contribution in [1.29, 1.82) is 0 Å². The molecule has 0 amide bonds. The second-order valence-corrected chi connectivity index (χ2v) is 5.20. The topological polar surface area (TPSA) is 72.2 Å². The van der Waals surface area contributed by atoms with Gasteiger partial charge in [-0.1, -0.05) is 6.92 Å². The number of nitrogen functional groups attached to an aromatic ring is 1. The molecule has 0 saturated heterocycles. The molecule has 0 fully saturated rings. The molecule has 0 aliphatic rings. The fraction of sp³-hybridized carbons (Fsp3) is 0.400. The van der Waals surface area contributed by atoms with Gasteiger partial charge in [-0.05, 0) is 37.1 Å². The Balaban J connectivity index is 3.38. The minimum Gasteiger partial charge on any atom is -0.399 e. The molecule has 0 bridgehead atoms. The molecule has 0 atom stereocenters. The number of rotatable bonds is 3. The van der Waals surface area contributed by atoms with Crippen molar-refractivity contribution in [3.63, 3.8) is 0 Å². The van der Waals surface area contributed by atoms with E-state index in [1.54, 1.807) is 19.9 Å². The fourth-order valence-electron chi connectivity index (χ4n) is 1.40. The Bertz CT molecular complexity index is 467. The monoisotopic (exact) mass is 228 g/mol. The van der Waals surface area contributed by atoms with E-state index in [1.165, 1.54) is 6.07 Å². The first-order chi connectivity index (χ1) is 6.88. The second-order valence-electron chi connectivity index (χ2n) is 3.46. The quantitative estimate of drug-likeness (QED) is 0.763. The molecule has 1 rings (SSSR count). The van der Waals surface area contributed by atoms with E-state index in [0.29, 0.717) is 12.2 Å². The Morgan fingerprint density at radius 1 is 1.33 bits per heavy atom. The predicted molar refractivity (Wildman–Crippen MR) is 61.2 cm³/mol. The van der Waals surface area contributed by atoms with Crippen molar-refractivity contribution in [3.8, 4) is 0 Å². The van der Waals surface area contributed by atoms with Crippen LogP contribution < -0.4 is 10.5 Å². The number of hydrogen-bond donors (Lipinski definition) is 2. The van der Waals surface area contributed by atoms with Gasteiger partial charge in [-0.2, -0.15) is 0 Å². The molecule has 0 aliphatic carbocycles. The van der Waals surface area contributed by atoms with Gasteiger partial charge in [0.05, 0.1) is 4.90 Å². The van der Waals surface area contributed by atoms with E-state index in [4.69, 9.17) is 5.73 Å². The third-order valence-corrected chi connectivity index (χ3v) is 3.94.